The van der Waals surface area contributed by atoms with Gasteiger partial charge in [-0.3, -0.25) is 0 Å². The van der Waals surface area contributed by atoms with Crippen LogP contribution >= 0.6 is 11.8 Å². The van der Waals surface area contributed by atoms with E-state index in [1.54, 1.807) is 7.11 Å². The monoisotopic (exact) mass is 404 g/mol. The summed E-state index contributed by atoms with van der Waals surface area (Å²) in [4.78, 5) is 11.9. The summed E-state index contributed by atoms with van der Waals surface area (Å²) in [6.45, 7) is 8.20. The van der Waals surface area contributed by atoms with Crippen LogP contribution in [0.3, 0.4) is 0 Å². The number of carbonyl (C=O) groups is 1. The number of nitrogens with zero attached hydrogens (tertiary/aromatic N) is 1. The molecule has 2 rings (SSSR count). The van der Waals surface area contributed by atoms with E-state index in [0.717, 1.165) is 47.0 Å². The lowest BCUT2D eigenvalue weighted by atomic mass is 10.1. The summed E-state index contributed by atoms with van der Waals surface area (Å²) >= 11 is 1.97. The Balaban J connectivity index is 2.12. The molecule has 0 aliphatic carbocycles. The smallest absolute Gasteiger partial charge is 0.337 e. The molecule has 1 aromatic heterocycles. The van der Waals surface area contributed by atoms with Crippen LogP contribution in [0.25, 0.3) is 0 Å². The molecule has 5 nitrogen and oxygen atoms in total. The number of hydrogen-bond donors (Lipinski definition) is 2. The van der Waals surface area contributed by atoms with Crippen molar-refractivity contribution in [2.24, 2.45) is 0 Å². The van der Waals surface area contributed by atoms with E-state index in [1.165, 1.54) is 12.2 Å². The van der Waals surface area contributed by atoms with Gasteiger partial charge in [0.25, 0.3) is 0 Å². The van der Waals surface area contributed by atoms with Crippen molar-refractivity contribution in [3.8, 4) is 5.75 Å². The molecule has 2 N–H and O–H groups in total. The summed E-state index contributed by atoms with van der Waals surface area (Å²) in [6.07, 6.45) is 2.30. The molecule has 1 aromatic carbocycles. The van der Waals surface area contributed by atoms with Crippen molar-refractivity contribution in [3.63, 3.8) is 0 Å². The van der Waals surface area contributed by atoms with E-state index in [0.29, 0.717) is 18.7 Å². The lowest BCUT2D eigenvalue weighted by molar-refractivity contribution is 0.0694. The molecule has 0 bridgehead atoms. The zero-order valence-corrected chi connectivity index (χ0v) is 18.2. The molecule has 0 unspecified atom stereocenters. The highest BCUT2D eigenvalue weighted by molar-refractivity contribution is 7.99. The van der Waals surface area contributed by atoms with Gasteiger partial charge < -0.3 is 19.7 Å². The molecule has 0 spiro atoms. The predicted octanol–water partition coefficient (Wildman–Crippen LogP) is 4.48. The molecule has 0 fully saturated rings. The Kier molecular flexibility index (Phi) is 8.93. The van der Waals surface area contributed by atoms with Crippen molar-refractivity contribution in [1.82, 2.24) is 9.88 Å². The Morgan fingerprint density at radius 2 is 2.04 bits per heavy atom. The summed E-state index contributed by atoms with van der Waals surface area (Å²) in [6, 6.07) is 7.90. The van der Waals surface area contributed by atoms with Gasteiger partial charge in [0.05, 0.1) is 12.7 Å². The van der Waals surface area contributed by atoms with Crippen LogP contribution < -0.4 is 10.1 Å². The molecule has 0 saturated carbocycles. The molecule has 1 heterocycles. The van der Waals surface area contributed by atoms with Crippen molar-refractivity contribution in [1.29, 1.82) is 0 Å². The Hall–Kier alpha value is -1.92. The summed E-state index contributed by atoms with van der Waals surface area (Å²) < 4.78 is 7.40. The van der Waals surface area contributed by atoms with Gasteiger partial charge in [0.1, 0.15) is 5.75 Å². The van der Waals surface area contributed by atoms with Crippen LogP contribution in [0.4, 0.5) is 0 Å². The predicted molar refractivity (Wildman–Crippen MR) is 117 cm³/mol. The van der Waals surface area contributed by atoms with Crippen molar-refractivity contribution in [2.75, 3.05) is 25.2 Å². The fourth-order valence-electron chi connectivity index (χ4n) is 3.40. The Morgan fingerprint density at radius 1 is 1.25 bits per heavy atom. The molecule has 0 aliphatic heterocycles. The van der Waals surface area contributed by atoms with Gasteiger partial charge in [-0.15, -0.1) is 0 Å². The molecular weight excluding hydrogens is 372 g/mol. The number of aromatic nitrogens is 1. The minimum Gasteiger partial charge on any atom is -0.497 e. The third-order valence-electron chi connectivity index (χ3n) is 4.89. The highest BCUT2D eigenvalue weighted by atomic mass is 32.2. The molecule has 2 aromatic rings. The zero-order valence-electron chi connectivity index (χ0n) is 17.4. The van der Waals surface area contributed by atoms with Crippen LogP contribution in [-0.4, -0.2) is 40.8 Å². The maximum atomic E-state index is 11.9. The fourth-order valence-corrected chi connectivity index (χ4v) is 4.24. The number of thioether (sulfide) groups is 1. The number of hydrogen-bond acceptors (Lipinski definition) is 4. The van der Waals surface area contributed by atoms with Crippen LogP contribution in [0, 0.1) is 13.8 Å². The van der Waals surface area contributed by atoms with Gasteiger partial charge in [-0.05, 0) is 62.4 Å². The Morgan fingerprint density at radius 3 is 2.71 bits per heavy atom. The van der Waals surface area contributed by atoms with Crippen LogP contribution in [0.5, 0.6) is 5.75 Å². The van der Waals surface area contributed by atoms with Gasteiger partial charge in [-0.1, -0.05) is 19.1 Å². The molecule has 0 atom stereocenters. The minimum atomic E-state index is -0.861. The van der Waals surface area contributed by atoms with E-state index >= 15 is 0 Å². The fraction of sp³-hybridized carbons (Fsp3) is 0.500. The molecule has 154 valence electrons. The van der Waals surface area contributed by atoms with E-state index in [1.807, 2.05) is 49.9 Å². The summed E-state index contributed by atoms with van der Waals surface area (Å²) in [5, 5.41) is 13.2. The molecule has 0 amide bonds. The second-order valence-electron chi connectivity index (χ2n) is 6.91. The number of ether oxygens (including phenoxy) is 1. The first-order chi connectivity index (χ1) is 13.5. The van der Waals surface area contributed by atoms with Crippen LogP contribution in [0.15, 0.2) is 24.3 Å². The third kappa shape index (κ3) is 5.79. The number of rotatable bonds is 12. The summed E-state index contributed by atoms with van der Waals surface area (Å²) in [5.41, 5.74) is 4.20. The summed E-state index contributed by atoms with van der Waals surface area (Å²) in [7, 11) is 1.65. The standard InChI is InChI=1S/C22H32N2O3S/c1-5-11-28-12-7-10-23-14-20-16(2)24(17(3)21(20)22(25)26)15-18-8-6-9-19(13-18)27-4/h6,8-9,13,23H,5,7,10-12,14-15H2,1-4H3,(H,25,26). The third-order valence-corrected chi connectivity index (χ3v) is 6.17. The summed E-state index contributed by atoms with van der Waals surface area (Å²) in [5.74, 6) is 2.29. The van der Waals surface area contributed by atoms with Gasteiger partial charge in [-0.2, -0.15) is 11.8 Å². The SMILES string of the molecule is CCCSCCCNCc1c(C(=O)O)c(C)n(Cc2cccc(OC)c2)c1C. The lowest BCUT2D eigenvalue weighted by Crippen LogP contribution is -2.17. The van der Waals surface area contributed by atoms with Crippen molar-refractivity contribution in [3.05, 3.63) is 52.3 Å². The quantitative estimate of drug-likeness (QED) is 0.511. The largest absolute Gasteiger partial charge is 0.497 e. The first-order valence-corrected chi connectivity index (χ1v) is 11.0. The van der Waals surface area contributed by atoms with Gasteiger partial charge >= 0.3 is 5.97 Å². The Labute approximate surface area is 172 Å². The van der Waals surface area contributed by atoms with Crippen molar-refractivity contribution >= 4 is 17.7 Å². The molecule has 0 saturated heterocycles. The average Bonchev–Trinajstić information content (AvgIpc) is 2.92. The first-order valence-electron chi connectivity index (χ1n) is 9.82. The maximum Gasteiger partial charge on any atom is 0.337 e. The highest BCUT2D eigenvalue weighted by Gasteiger charge is 2.22. The van der Waals surface area contributed by atoms with Crippen LogP contribution in [0.2, 0.25) is 0 Å². The topological polar surface area (TPSA) is 63.5 Å². The van der Waals surface area contributed by atoms with Gasteiger partial charge in [0.2, 0.25) is 0 Å². The Bertz CT molecular complexity index is 786. The van der Waals surface area contributed by atoms with E-state index in [-0.39, 0.29) is 0 Å². The number of methoxy groups -OCH3 is 1. The van der Waals surface area contributed by atoms with E-state index in [2.05, 4.69) is 16.8 Å². The number of carboxylic acids is 1. The maximum absolute atomic E-state index is 11.9. The lowest BCUT2D eigenvalue weighted by Gasteiger charge is -2.11. The second-order valence-corrected chi connectivity index (χ2v) is 8.13. The van der Waals surface area contributed by atoms with Gasteiger partial charge in [0.15, 0.2) is 0 Å². The van der Waals surface area contributed by atoms with Crippen molar-refractivity contribution in [2.45, 2.75) is 46.7 Å². The minimum absolute atomic E-state index is 0.424. The van der Waals surface area contributed by atoms with Crippen LogP contribution in [-0.2, 0) is 13.1 Å². The van der Waals surface area contributed by atoms with Gasteiger partial charge in [0, 0.05) is 30.0 Å². The molecule has 0 radical (unpaired) electrons. The molecule has 0 aliphatic rings. The number of carboxylic acid groups (broad SMARTS) is 1. The normalized spacial score (nSPS) is 11.0. The molecular formula is C22H32N2O3S. The first kappa shape index (κ1) is 22.4. The molecule has 28 heavy (non-hydrogen) atoms. The van der Waals surface area contributed by atoms with Crippen molar-refractivity contribution < 1.29 is 14.6 Å². The highest BCUT2D eigenvalue weighted by Crippen LogP contribution is 2.25. The average molecular weight is 405 g/mol. The molecule has 6 heteroatoms. The number of aromatic carboxylic acids is 1. The second kappa shape index (κ2) is 11.2. The number of nitrogens with one attached hydrogen (secondary N) is 1. The van der Waals surface area contributed by atoms with Gasteiger partial charge in [-0.25, -0.2) is 4.79 Å². The van der Waals surface area contributed by atoms with E-state index in [4.69, 9.17) is 4.74 Å². The van der Waals surface area contributed by atoms with E-state index in [9.17, 15) is 9.90 Å². The van der Waals surface area contributed by atoms with Crippen LogP contribution in [0.1, 0.15) is 52.6 Å². The zero-order chi connectivity index (χ0) is 20.5. The van der Waals surface area contributed by atoms with E-state index < -0.39 is 5.97 Å². The number of benzene rings is 1.